The molecule has 2 aliphatic rings. The van der Waals surface area contributed by atoms with Gasteiger partial charge in [-0.15, -0.1) is 0 Å². The molecule has 27 heavy (non-hydrogen) atoms. The Morgan fingerprint density at radius 2 is 1.78 bits per heavy atom. The van der Waals surface area contributed by atoms with Crippen LogP contribution in [0.3, 0.4) is 0 Å². The van der Waals surface area contributed by atoms with Crippen molar-refractivity contribution in [1.29, 1.82) is 0 Å². The Balaban J connectivity index is 1.67. The molecule has 0 aromatic heterocycles. The van der Waals surface area contributed by atoms with Gasteiger partial charge in [-0.3, -0.25) is 24.6 Å². The van der Waals surface area contributed by atoms with Crippen molar-refractivity contribution in [2.24, 2.45) is 0 Å². The van der Waals surface area contributed by atoms with Gasteiger partial charge in [-0.2, -0.15) is 0 Å². The van der Waals surface area contributed by atoms with Crippen molar-refractivity contribution in [3.63, 3.8) is 0 Å². The number of anilines is 2. The molecule has 2 aromatic rings. The minimum atomic E-state index is -0.481. The maximum absolute atomic E-state index is 11.9. The van der Waals surface area contributed by atoms with Crippen LogP contribution < -0.4 is 10.2 Å². The molecule has 4 rings (SSSR count). The molecule has 1 aliphatic heterocycles. The quantitative estimate of drug-likeness (QED) is 0.506. The minimum Gasteiger partial charge on any atom is -0.373 e. The summed E-state index contributed by atoms with van der Waals surface area (Å²) in [7, 11) is 0. The summed E-state index contributed by atoms with van der Waals surface area (Å²) >= 11 is 0. The molecule has 1 aliphatic carbocycles. The molecule has 1 N–H and O–H groups in total. The highest BCUT2D eigenvalue weighted by Gasteiger charge is 2.32. The molecule has 1 fully saturated rings. The van der Waals surface area contributed by atoms with E-state index >= 15 is 0 Å². The molecule has 0 saturated carbocycles. The summed E-state index contributed by atoms with van der Waals surface area (Å²) < 4.78 is 0. The van der Waals surface area contributed by atoms with Crippen molar-refractivity contribution in [1.82, 2.24) is 0 Å². The monoisotopic (exact) mass is 365 g/mol. The van der Waals surface area contributed by atoms with Gasteiger partial charge < -0.3 is 5.32 Å². The number of aryl methyl sites for hydroxylation is 1. The van der Waals surface area contributed by atoms with E-state index in [1.807, 2.05) is 18.2 Å². The third-order valence-corrected chi connectivity index (χ3v) is 5.19. The van der Waals surface area contributed by atoms with Crippen LogP contribution in [0, 0.1) is 10.1 Å². The molecule has 1 atom stereocenters. The van der Waals surface area contributed by atoms with E-state index in [1.54, 1.807) is 12.1 Å². The second kappa shape index (κ2) is 6.83. The number of nitro groups is 1. The van der Waals surface area contributed by atoms with Gasteiger partial charge in [-0.05, 0) is 42.5 Å². The highest BCUT2D eigenvalue weighted by Crippen LogP contribution is 2.37. The maximum atomic E-state index is 11.9. The van der Waals surface area contributed by atoms with Gasteiger partial charge >= 0.3 is 0 Å². The van der Waals surface area contributed by atoms with Crippen molar-refractivity contribution in [3.05, 3.63) is 63.7 Å². The van der Waals surface area contributed by atoms with E-state index < -0.39 is 4.92 Å². The number of rotatable bonds is 4. The zero-order chi connectivity index (χ0) is 19.0. The summed E-state index contributed by atoms with van der Waals surface area (Å²) in [5, 5.41) is 14.9. The zero-order valence-corrected chi connectivity index (χ0v) is 14.7. The van der Waals surface area contributed by atoms with Crippen LogP contribution >= 0.6 is 0 Å². The summed E-state index contributed by atoms with van der Waals surface area (Å²) in [6, 6.07) is 12.6. The van der Waals surface area contributed by atoms with Crippen LogP contribution in [-0.2, 0) is 16.0 Å². The number of carbonyl (C=O) groups excluding carboxylic acids is 2. The predicted octanol–water partition coefficient (Wildman–Crippen LogP) is 3.74. The first-order chi connectivity index (χ1) is 13.0. The number of nitrogens with one attached hydrogen (secondary N) is 1. The number of imide groups is 1. The molecule has 138 valence electrons. The van der Waals surface area contributed by atoms with Gasteiger partial charge in [0.25, 0.3) is 5.69 Å². The third kappa shape index (κ3) is 3.16. The second-order valence-electron chi connectivity index (χ2n) is 6.87. The lowest BCUT2D eigenvalue weighted by atomic mass is 9.87. The Labute approximate surface area is 156 Å². The number of nitrogens with zero attached hydrogens (tertiary/aromatic N) is 2. The number of hydrogen-bond acceptors (Lipinski definition) is 5. The molecule has 2 aromatic carbocycles. The van der Waals surface area contributed by atoms with Gasteiger partial charge in [-0.1, -0.05) is 24.3 Å². The van der Waals surface area contributed by atoms with Gasteiger partial charge in [-0.25, -0.2) is 0 Å². The number of benzene rings is 2. The molecule has 2 amide bonds. The first-order valence-electron chi connectivity index (χ1n) is 9.03. The second-order valence-corrected chi connectivity index (χ2v) is 6.87. The van der Waals surface area contributed by atoms with Crippen LogP contribution in [0.1, 0.15) is 42.9 Å². The van der Waals surface area contributed by atoms with Crippen molar-refractivity contribution in [2.45, 2.75) is 38.1 Å². The molecule has 0 bridgehead atoms. The number of carbonyl (C=O) groups is 2. The first-order valence-corrected chi connectivity index (χ1v) is 9.03. The summed E-state index contributed by atoms with van der Waals surface area (Å²) in [4.78, 5) is 36.0. The molecule has 0 spiro atoms. The molecule has 0 unspecified atom stereocenters. The number of hydrogen-bond donors (Lipinski definition) is 1. The molecule has 1 saturated heterocycles. The highest BCUT2D eigenvalue weighted by molar-refractivity contribution is 6.20. The molecule has 1 heterocycles. The van der Waals surface area contributed by atoms with E-state index in [1.165, 1.54) is 11.6 Å². The molecular formula is C20H19N3O4. The molecule has 0 radical (unpaired) electrons. The van der Waals surface area contributed by atoms with Crippen LogP contribution in [0.4, 0.5) is 17.1 Å². The van der Waals surface area contributed by atoms with E-state index in [0.29, 0.717) is 5.69 Å². The average Bonchev–Trinajstić information content (AvgIpc) is 3.01. The topological polar surface area (TPSA) is 92.6 Å². The van der Waals surface area contributed by atoms with Crippen LogP contribution in [0.2, 0.25) is 0 Å². The van der Waals surface area contributed by atoms with E-state index in [-0.39, 0.29) is 42.1 Å². The first kappa shape index (κ1) is 17.2. The average molecular weight is 365 g/mol. The standard InChI is InChI=1S/C20H19N3O4/c24-19-10-11-20(25)22(19)14-8-9-17(18(12-14)23(26)27)21-16-7-3-5-13-4-1-2-6-15(13)16/h1-2,4,6,8-9,12,16,21H,3,5,7,10-11H2/t16-/m1/s1. The lowest BCUT2D eigenvalue weighted by Gasteiger charge is -2.27. The van der Waals surface area contributed by atoms with Gasteiger partial charge in [0.15, 0.2) is 0 Å². The predicted molar refractivity (Wildman–Crippen MR) is 101 cm³/mol. The zero-order valence-electron chi connectivity index (χ0n) is 14.7. The number of amides is 2. The Morgan fingerprint density at radius 1 is 1.04 bits per heavy atom. The van der Waals surface area contributed by atoms with Crippen LogP contribution in [0.25, 0.3) is 0 Å². The smallest absolute Gasteiger partial charge is 0.294 e. The van der Waals surface area contributed by atoms with Gasteiger partial charge in [0.1, 0.15) is 5.69 Å². The van der Waals surface area contributed by atoms with Crippen molar-refractivity contribution < 1.29 is 14.5 Å². The Bertz CT molecular complexity index is 925. The van der Waals surface area contributed by atoms with Crippen molar-refractivity contribution in [3.8, 4) is 0 Å². The fourth-order valence-corrected chi connectivity index (χ4v) is 3.89. The lowest BCUT2D eigenvalue weighted by molar-refractivity contribution is -0.383. The van der Waals surface area contributed by atoms with E-state index in [2.05, 4.69) is 11.4 Å². The fraction of sp³-hybridized carbons (Fsp3) is 0.300. The van der Waals surface area contributed by atoms with E-state index in [4.69, 9.17) is 0 Å². The summed E-state index contributed by atoms with van der Waals surface area (Å²) in [5.41, 5.74) is 2.93. The van der Waals surface area contributed by atoms with Gasteiger partial charge in [0.05, 0.1) is 16.7 Å². The van der Waals surface area contributed by atoms with Crippen molar-refractivity contribution in [2.75, 3.05) is 10.2 Å². The van der Waals surface area contributed by atoms with Gasteiger partial charge in [0.2, 0.25) is 11.8 Å². The molecule has 7 nitrogen and oxygen atoms in total. The largest absolute Gasteiger partial charge is 0.373 e. The molecular weight excluding hydrogens is 346 g/mol. The minimum absolute atomic E-state index is 0.00505. The third-order valence-electron chi connectivity index (χ3n) is 5.19. The molecule has 7 heteroatoms. The Kier molecular flexibility index (Phi) is 4.35. The SMILES string of the molecule is O=C1CCC(=O)N1c1ccc(N[C@@H]2CCCc3ccccc32)c([N+](=O)[O-])c1. The normalized spacial score (nSPS) is 19.1. The summed E-state index contributed by atoms with van der Waals surface area (Å²) in [6.07, 6.45) is 3.20. The summed E-state index contributed by atoms with van der Waals surface area (Å²) in [5.74, 6) is -0.646. The maximum Gasteiger partial charge on any atom is 0.294 e. The fourth-order valence-electron chi connectivity index (χ4n) is 3.89. The Morgan fingerprint density at radius 3 is 2.52 bits per heavy atom. The number of fused-ring (bicyclic) bond motifs is 1. The van der Waals surface area contributed by atoms with Crippen LogP contribution in [0.5, 0.6) is 0 Å². The van der Waals surface area contributed by atoms with Crippen LogP contribution in [-0.4, -0.2) is 16.7 Å². The van der Waals surface area contributed by atoms with E-state index in [9.17, 15) is 19.7 Å². The highest BCUT2D eigenvalue weighted by atomic mass is 16.6. The van der Waals surface area contributed by atoms with Gasteiger partial charge in [0, 0.05) is 18.9 Å². The summed E-state index contributed by atoms with van der Waals surface area (Å²) in [6.45, 7) is 0. The van der Waals surface area contributed by atoms with E-state index in [0.717, 1.165) is 29.7 Å². The lowest BCUT2D eigenvalue weighted by Crippen LogP contribution is -2.28. The Hall–Kier alpha value is -3.22. The number of nitro benzene ring substituents is 1. The van der Waals surface area contributed by atoms with Crippen molar-refractivity contribution >= 4 is 28.9 Å². The van der Waals surface area contributed by atoms with Crippen LogP contribution in [0.15, 0.2) is 42.5 Å².